The van der Waals surface area contributed by atoms with Crippen LogP contribution in [0.3, 0.4) is 0 Å². The molecule has 1 aromatic heterocycles. The van der Waals surface area contributed by atoms with Gasteiger partial charge in [0.25, 0.3) is 5.91 Å². The first kappa shape index (κ1) is 13.4. The second kappa shape index (κ2) is 5.32. The smallest absolute Gasteiger partial charge is 0.374 e. The van der Waals surface area contributed by atoms with E-state index in [1.54, 1.807) is 32.3 Å². The third-order valence-corrected chi connectivity index (χ3v) is 2.74. The first-order chi connectivity index (χ1) is 8.97. The van der Waals surface area contributed by atoms with Crippen molar-refractivity contribution in [3.63, 3.8) is 0 Å². The second-order valence-corrected chi connectivity index (χ2v) is 4.59. The number of fused-ring (bicyclic) bond motifs is 1. The highest BCUT2D eigenvalue weighted by Crippen LogP contribution is 2.23. The molecule has 0 fully saturated rings. The zero-order valence-corrected chi connectivity index (χ0v) is 11.2. The highest BCUT2D eigenvalue weighted by atomic mass is 35.5. The summed E-state index contributed by atoms with van der Waals surface area (Å²) in [5.41, 5.74) is 0.537. The van der Waals surface area contributed by atoms with E-state index in [0.29, 0.717) is 16.0 Å². The molecule has 0 saturated carbocycles. The number of hydrogen-bond donors (Lipinski definition) is 0. The summed E-state index contributed by atoms with van der Waals surface area (Å²) in [5, 5.41) is 1.26. The van der Waals surface area contributed by atoms with Gasteiger partial charge in [0.1, 0.15) is 5.58 Å². The van der Waals surface area contributed by atoms with Crippen molar-refractivity contribution in [3.05, 3.63) is 35.0 Å². The molecule has 19 heavy (non-hydrogen) atoms. The van der Waals surface area contributed by atoms with Crippen LogP contribution in [-0.2, 0) is 9.53 Å². The highest BCUT2D eigenvalue weighted by Gasteiger charge is 2.16. The highest BCUT2D eigenvalue weighted by molar-refractivity contribution is 6.31. The van der Waals surface area contributed by atoms with E-state index in [0.717, 1.165) is 0 Å². The van der Waals surface area contributed by atoms with Gasteiger partial charge >= 0.3 is 5.97 Å². The first-order valence-electron chi connectivity index (χ1n) is 5.54. The SMILES string of the molecule is CN(C)C(=O)COC(=O)c1cc2cc(Cl)ccc2o1. The fourth-order valence-corrected chi connectivity index (χ4v) is 1.62. The van der Waals surface area contributed by atoms with Gasteiger partial charge in [-0.25, -0.2) is 4.79 Å². The van der Waals surface area contributed by atoms with Crippen molar-refractivity contribution >= 4 is 34.4 Å². The molecular formula is C13H12ClNO4. The van der Waals surface area contributed by atoms with Crippen LogP contribution >= 0.6 is 11.6 Å². The number of esters is 1. The minimum atomic E-state index is -0.678. The van der Waals surface area contributed by atoms with Crippen molar-refractivity contribution in [2.45, 2.75) is 0 Å². The fourth-order valence-electron chi connectivity index (χ4n) is 1.44. The van der Waals surface area contributed by atoms with Crippen LogP contribution in [0.25, 0.3) is 11.0 Å². The molecule has 0 spiro atoms. The molecular weight excluding hydrogens is 270 g/mol. The summed E-state index contributed by atoms with van der Waals surface area (Å²) in [4.78, 5) is 24.3. The van der Waals surface area contributed by atoms with E-state index in [9.17, 15) is 9.59 Å². The van der Waals surface area contributed by atoms with Gasteiger partial charge in [0.2, 0.25) is 5.76 Å². The van der Waals surface area contributed by atoms with Crippen molar-refractivity contribution in [1.29, 1.82) is 0 Å². The van der Waals surface area contributed by atoms with E-state index in [4.69, 9.17) is 20.8 Å². The van der Waals surface area contributed by atoms with Crippen molar-refractivity contribution in [2.24, 2.45) is 0 Å². The molecule has 0 aliphatic carbocycles. The Morgan fingerprint density at radius 3 is 2.74 bits per heavy atom. The average Bonchev–Trinajstić information content (AvgIpc) is 2.78. The maximum Gasteiger partial charge on any atom is 0.374 e. The Morgan fingerprint density at radius 1 is 1.32 bits per heavy atom. The minimum Gasteiger partial charge on any atom is -0.450 e. The Balaban J connectivity index is 2.11. The van der Waals surface area contributed by atoms with Gasteiger partial charge in [0, 0.05) is 24.5 Å². The number of amides is 1. The van der Waals surface area contributed by atoms with E-state index in [-0.39, 0.29) is 18.3 Å². The zero-order valence-electron chi connectivity index (χ0n) is 10.5. The van der Waals surface area contributed by atoms with Crippen molar-refractivity contribution in [1.82, 2.24) is 4.90 Å². The lowest BCUT2D eigenvalue weighted by atomic mass is 10.2. The van der Waals surface area contributed by atoms with Gasteiger partial charge in [-0.3, -0.25) is 4.79 Å². The maximum atomic E-state index is 11.7. The Kier molecular flexibility index (Phi) is 3.76. The number of benzene rings is 1. The molecule has 0 saturated heterocycles. The van der Waals surface area contributed by atoms with E-state index in [2.05, 4.69) is 0 Å². The predicted octanol–water partition coefficient (Wildman–Crippen LogP) is 2.33. The van der Waals surface area contributed by atoms with Crippen LogP contribution < -0.4 is 0 Å². The third kappa shape index (κ3) is 3.06. The quantitative estimate of drug-likeness (QED) is 0.810. The normalized spacial score (nSPS) is 10.5. The van der Waals surface area contributed by atoms with Crippen LogP contribution in [0.4, 0.5) is 0 Å². The molecule has 2 rings (SSSR count). The fraction of sp³-hybridized carbons (Fsp3) is 0.231. The molecule has 0 aliphatic rings. The van der Waals surface area contributed by atoms with Gasteiger partial charge in [-0.1, -0.05) is 11.6 Å². The molecule has 1 heterocycles. The molecule has 1 aromatic carbocycles. The molecule has 5 nitrogen and oxygen atoms in total. The molecule has 6 heteroatoms. The van der Waals surface area contributed by atoms with Crippen LogP contribution in [-0.4, -0.2) is 37.5 Å². The van der Waals surface area contributed by atoms with E-state index in [1.807, 2.05) is 0 Å². The predicted molar refractivity (Wildman–Crippen MR) is 70.2 cm³/mol. The molecule has 0 radical (unpaired) electrons. The van der Waals surface area contributed by atoms with Crippen molar-refractivity contribution < 1.29 is 18.7 Å². The number of hydrogen-bond acceptors (Lipinski definition) is 4. The Hall–Kier alpha value is -2.01. The summed E-state index contributed by atoms with van der Waals surface area (Å²) < 4.78 is 10.2. The number of likely N-dealkylation sites (N-methyl/N-ethyl adjacent to an activating group) is 1. The average molecular weight is 282 g/mol. The summed E-state index contributed by atoms with van der Waals surface area (Å²) in [6.07, 6.45) is 0. The number of rotatable bonds is 3. The van der Waals surface area contributed by atoms with Crippen molar-refractivity contribution in [2.75, 3.05) is 20.7 Å². The molecule has 2 aromatic rings. The Bertz CT molecular complexity index is 633. The van der Waals surface area contributed by atoms with Crippen LogP contribution in [0, 0.1) is 0 Å². The summed E-state index contributed by atoms with van der Waals surface area (Å²) in [7, 11) is 3.17. The molecule has 100 valence electrons. The third-order valence-electron chi connectivity index (χ3n) is 2.51. The molecule has 0 aliphatic heterocycles. The number of carbonyl (C=O) groups excluding carboxylic acids is 2. The van der Waals surface area contributed by atoms with E-state index < -0.39 is 5.97 Å². The zero-order chi connectivity index (χ0) is 14.0. The topological polar surface area (TPSA) is 59.8 Å². The van der Waals surface area contributed by atoms with Crippen LogP contribution in [0.2, 0.25) is 5.02 Å². The molecule has 1 amide bonds. The number of halogens is 1. The summed E-state index contributed by atoms with van der Waals surface area (Å²) in [6, 6.07) is 6.54. The Morgan fingerprint density at radius 2 is 2.05 bits per heavy atom. The van der Waals surface area contributed by atoms with Gasteiger partial charge in [0.05, 0.1) is 0 Å². The van der Waals surface area contributed by atoms with Crippen LogP contribution in [0.15, 0.2) is 28.7 Å². The lowest BCUT2D eigenvalue weighted by molar-refractivity contribution is -0.132. The largest absolute Gasteiger partial charge is 0.450 e. The second-order valence-electron chi connectivity index (χ2n) is 4.16. The van der Waals surface area contributed by atoms with Crippen LogP contribution in [0.1, 0.15) is 10.6 Å². The number of nitrogens with zero attached hydrogens (tertiary/aromatic N) is 1. The van der Waals surface area contributed by atoms with E-state index >= 15 is 0 Å². The number of ether oxygens (including phenoxy) is 1. The molecule has 0 unspecified atom stereocenters. The van der Waals surface area contributed by atoms with Crippen LogP contribution in [0.5, 0.6) is 0 Å². The lowest BCUT2D eigenvalue weighted by Gasteiger charge is -2.09. The summed E-state index contributed by atoms with van der Waals surface area (Å²) >= 11 is 5.84. The van der Waals surface area contributed by atoms with E-state index in [1.165, 1.54) is 11.0 Å². The van der Waals surface area contributed by atoms with Gasteiger partial charge in [-0.05, 0) is 24.3 Å². The molecule has 0 bridgehead atoms. The standard InChI is InChI=1S/C13H12ClNO4/c1-15(2)12(16)7-18-13(17)11-6-8-5-9(14)3-4-10(8)19-11/h3-6H,7H2,1-2H3. The number of furan rings is 1. The summed E-state index contributed by atoms with van der Waals surface area (Å²) in [6.45, 7) is -0.316. The van der Waals surface area contributed by atoms with Gasteiger partial charge in [0.15, 0.2) is 6.61 Å². The molecule has 0 atom stereocenters. The Labute approximate surface area is 114 Å². The van der Waals surface area contributed by atoms with Crippen molar-refractivity contribution in [3.8, 4) is 0 Å². The maximum absolute atomic E-state index is 11.7. The first-order valence-corrected chi connectivity index (χ1v) is 5.91. The monoisotopic (exact) mass is 281 g/mol. The van der Waals surface area contributed by atoms with Gasteiger partial charge in [-0.15, -0.1) is 0 Å². The summed E-state index contributed by atoms with van der Waals surface area (Å²) in [5.74, 6) is -0.932. The lowest BCUT2D eigenvalue weighted by Crippen LogP contribution is -2.27. The number of carbonyl (C=O) groups is 2. The molecule has 0 N–H and O–H groups in total. The minimum absolute atomic E-state index is 0.0452. The van der Waals surface area contributed by atoms with Gasteiger partial charge in [-0.2, -0.15) is 0 Å². The van der Waals surface area contributed by atoms with Gasteiger partial charge < -0.3 is 14.1 Å².